The standard InChI is InChI=1S/C17H27NO/c1-2-3-4-5-6-7-12-19-15-9-10-16-14(13-15)8-11-17(16)18/h9-10,13,17H,2-8,11-12,18H2,1H3/t17-/m1/s1. The van der Waals surface area contributed by atoms with Crippen LogP contribution in [0.4, 0.5) is 0 Å². The molecule has 2 N–H and O–H groups in total. The zero-order valence-electron chi connectivity index (χ0n) is 12.2. The first kappa shape index (κ1) is 14.4. The van der Waals surface area contributed by atoms with Gasteiger partial charge in [0, 0.05) is 6.04 Å². The first-order valence-electron chi connectivity index (χ1n) is 7.82. The molecule has 0 bridgehead atoms. The van der Waals surface area contributed by atoms with E-state index in [4.69, 9.17) is 10.5 Å². The van der Waals surface area contributed by atoms with E-state index in [9.17, 15) is 0 Å². The molecule has 106 valence electrons. The summed E-state index contributed by atoms with van der Waals surface area (Å²) in [4.78, 5) is 0. The van der Waals surface area contributed by atoms with E-state index in [0.717, 1.165) is 25.2 Å². The van der Waals surface area contributed by atoms with Crippen molar-refractivity contribution in [1.29, 1.82) is 0 Å². The fourth-order valence-electron chi connectivity index (χ4n) is 2.79. The Morgan fingerprint density at radius 2 is 1.95 bits per heavy atom. The molecule has 1 aromatic carbocycles. The molecule has 0 aliphatic heterocycles. The Hall–Kier alpha value is -1.02. The Kier molecular flexibility index (Phi) is 5.71. The Bertz CT molecular complexity index is 389. The summed E-state index contributed by atoms with van der Waals surface area (Å²) in [6, 6.07) is 6.63. The van der Waals surface area contributed by atoms with Crippen LogP contribution >= 0.6 is 0 Å². The largest absolute Gasteiger partial charge is 0.494 e. The first-order valence-corrected chi connectivity index (χ1v) is 7.82. The topological polar surface area (TPSA) is 35.2 Å². The lowest BCUT2D eigenvalue weighted by atomic mass is 10.1. The minimum atomic E-state index is 0.239. The van der Waals surface area contributed by atoms with Crippen molar-refractivity contribution in [2.45, 2.75) is 64.3 Å². The minimum Gasteiger partial charge on any atom is -0.494 e. The molecule has 0 unspecified atom stereocenters. The summed E-state index contributed by atoms with van der Waals surface area (Å²) in [5, 5.41) is 0. The molecule has 1 aromatic rings. The van der Waals surface area contributed by atoms with Crippen molar-refractivity contribution < 1.29 is 4.74 Å². The van der Waals surface area contributed by atoms with E-state index in [2.05, 4.69) is 25.1 Å². The third kappa shape index (κ3) is 4.24. The molecule has 0 radical (unpaired) electrons. The third-order valence-electron chi connectivity index (χ3n) is 4.01. The van der Waals surface area contributed by atoms with Crippen molar-refractivity contribution in [3.8, 4) is 5.75 Å². The Balaban J connectivity index is 1.67. The molecule has 2 nitrogen and oxygen atoms in total. The van der Waals surface area contributed by atoms with Gasteiger partial charge in [-0.3, -0.25) is 0 Å². The maximum atomic E-state index is 6.04. The summed E-state index contributed by atoms with van der Waals surface area (Å²) in [6.45, 7) is 3.10. The summed E-state index contributed by atoms with van der Waals surface area (Å²) >= 11 is 0. The van der Waals surface area contributed by atoms with E-state index in [1.165, 1.54) is 49.7 Å². The average molecular weight is 261 g/mol. The van der Waals surface area contributed by atoms with Gasteiger partial charge >= 0.3 is 0 Å². The number of ether oxygens (including phenoxy) is 1. The number of rotatable bonds is 8. The molecule has 0 fully saturated rings. The summed E-state index contributed by atoms with van der Waals surface area (Å²) in [7, 11) is 0. The van der Waals surface area contributed by atoms with Crippen LogP contribution in [0.3, 0.4) is 0 Å². The number of benzene rings is 1. The zero-order chi connectivity index (χ0) is 13.5. The van der Waals surface area contributed by atoms with Gasteiger partial charge in [0.2, 0.25) is 0 Å². The molecule has 2 rings (SSSR count). The third-order valence-corrected chi connectivity index (χ3v) is 4.01. The first-order chi connectivity index (χ1) is 9.31. The van der Waals surface area contributed by atoms with Gasteiger partial charge in [0.25, 0.3) is 0 Å². The quantitative estimate of drug-likeness (QED) is 0.705. The SMILES string of the molecule is CCCCCCCCOc1ccc2c(c1)CC[C@H]2N. The van der Waals surface area contributed by atoms with Gasteiger partial charge in [-0.05, 0) is 42.5 Å². The smallest absolute Gasteiger partial charge is 0.119 e. The van der Waals surface area contributed by atoms with E-state index in [-0.39, 0.29) is 6.04 Å². The fraction of sp³-hybridized carbons (Fsp3) is 0.647. The van der Waals surface area contributed by atoms with E-state index in [1.54, 1.807) is 0 Å². The van der Waals surface area contributed by atoms with Crippen molar-refractivity contribution in [2.24, 2.45) is 5.73 Å². The summed E-state index contributed by atoms with van der Waals surface area (Å²) in [5.74, 6) is 1.02. The maximum Gasteiger partial charge on any atom is 0.119 e. The monoisotopic (exact) mass is 261 g/mol. The highest BCUT2D eigenvalue weighted by Crippen LogP contribution is 2.31. The second kappa shape index (κ2) is 7.54. The maximum absolute atomic E-state index is 6.04. The van der Waals surface area contributed by atoms with E-state index in [1.807, 2.05) is 0 Å². The van der Waals surface area contributed by atoms with Crippen LogP contribution in [0.25, 0.3) is 0 Å². The van der Waals surface area contributed by atoms with Crippen LogP contribution in [0, 0.1) is 0 Å². The van der Waals surface area contributed by atoms with Crippen molar-refractivity contribution in [3.63, 3.8) is 0 Å². The van der Waals surface area contributed by atoms with Gasteiger partial charge < -0.3 is 10.5 Å². The molecule has 0 aromatic heterocycles. The van der Waals surface area contributed by atoms with Crippen molar-refractivity contribution >= 4 is 0 Å². The molecule has 0 amide bonds. The molecule has 0 saturated heterocycles. The van der Waals surface area contributed by atoms with Crippen LogP contribution in [0.2, 0.25) is 0 Å². The lowest BCUT2D eigenvalue weighted by Crippen LogP contribution is -2.05. The summed E-state index contributed by atoms with van der Waals surface area (Å²) in [5.41, 5.74) is 8.73. The molecule has 0 heterocycles. The number of aryl methyl sites for hydroxylation is 1. The average Bonchev–Trinajstić information content (AvgIpc) is 2.79. The predicted molar refractivity (Wildman–Crippen MR) is 80.6 cm³/mol. The molecule has 0 saturated carbocycles. The van der Waals surface area contributed by atoms with Crippen LogP contribution < -0.4 is 10.5 Å². The molecule has 1 aliphatic carbocycles. The van der Waals surface area contributed by atoms with Gasteiger partial charge in [-0.25, -0.2) is 0 Å². The highest BCUT2D eigenvalue weighted by Gasteiger charge is 2.18. The second-order valence-corrected chi connectivity index (χ2v) is 5.62. The van der Waals surface area contributed by atoms with Gasteiger partial charge in [-0.1, -0.05) is 45.1 Å². The minimum absolute atomic E-state index is 0.239. The molecule has 19 heavy (non-hydrogen) atoms. The predicted octanol–water partition coefficient (Wildman–Crippen LogP) is 4.37. The van der Waals surface area contributed by atoms with Crippen molar-refractivity contribution in [3.05, 3.63) is 29.3 Å². The summed E-state index contributed by atoms with van der Waals surface area (Å²) in [6.07, 6.45) is 10.0. The van der Waals surface area contributed by atoms with Gasteiger partial charge in [0.15, 0.2) is 0 Å². The Labute approximate surface area is 117 Å². The van der Waals surface area contributed by atoms with Gasteiger partial charge in [-0.2, -0.15) is 0 Å². The number of hydrogen-bond donors (Lipinski definition) is 1. The van der Waals surface area contributed by atoms with Gasteiger partial charge in [-0.15, -0.1) is 0 Å². The molecule has 2 heteroatoms. The molecule has 1 atom stereocenters. The lowest BCUT2D eigenvalue weighted by Gasteiger charge is -2.09. The Morgan fingerprint density at radius 3 is 2.79 bits per heavy atom. The van der Waals surface area contributed by atoms with E-state index >= 15 is 0 Å². The fourth-order valence-corrected chi connectivity index (χ4v) is 2.79. The highest BCUT2D eigenvalue weighted by atomic mass is 16.5. The van der Waals surface area contributed by atoms with Gasteiger partial charge in [0.1, 0.15) is 5.75 Å². The number of fused-ring (bicyclic) bond motifs is 1. The highest BCUT2D eigenvalue weighted by molar-refractivity contribution is 5.40. The van der Waals surface area contributed by atoms with Crippen LogP contribution in [-0.2, 0) is 6.42 Å². The van der Waals surface area contributed by atoms with Crippen LogP contribution in [0.1, 0.15) is 69.0 Å². The molecular formula is C17H27NO. The van der Waals surface area contributed by atoms with E-state index in [0.29, 0.717) is 0 Å². The summed E-state index contributed by atoms with van der Waals surface area (Å²) < 4.78 is 5.83. The van der Waals surface area contributed by atoms with E-state index < -0.39 is 0 Å². The number of hydrogen-bond acceptors (Lipinski definition) is 2. The molecular weight excluding hydrogens is 234 g/mol. The number of unbranched alkanes of at least 4 members (excludes halogenated alkanes) is 5. The van der Waals surface area contributed by atoms with Crippen LogP contribution in [0.5, 0.6) is 5.75 Å². The zero-order valence-corrected chi connectivity index (χ0v) is 12.2. The Morgan fingerprint density at radius 1 is 1.16 bits per heavy atom. The lowest BCUT2D eigenvalue weighted by molar-refractivity contribution is 0.304. The normalized spacial score (nSPS) is 17.5. The molecule has 0 spiro atoms. The number of nitrogens with two attached hydrogens (primary N) is 1. The van der Waals surface area contributed by atoms with Crippen molar-refractivity contribution in [2.75, 3.05) is 6.61 Å². The van der Waals surface area contributed by atoms with Crippen LogP contribution in [-0.4, -0.2) is 6.61 Å². The van der Waals surface area contributed by atoms with Crippen LogP contribution in [0.15, 0.2) is 18.2 Å². The second-order valence-electron chi connectivity index (χ2n) is 5.62. The molecule has 1 aliphatic rings. The van der Waals surface area contributed by atoms with Crippen molar-refractivity contribution in [1.82, 2.24) is 0 Å². The van der Waals surface area contributed by atoms with Gasteiger partial charge in [0.05, 0.1) is 6.61 Å².